The second kappa shape index (κ2) is 7.29. The third-order valence-corrected chi connectivity index (χ3v) is 5.11. The second-order valence-corrected chi connectivity index (χ2v) is 6.69. The number of rotatable bonds is 5. The second-order valence-electron chi connectivity index (χ2n) is 5.92. The number of thioether (sulfide) groups is 1. The maximum atomic E-state index is 12.4. The van der Waals surface area contributed by atoms with E-state index in [1.54, 1.807) is 4.90 Å². The molecule has 0 radical (unpaired) electrons. The first-order chi connectivity index (χ1) is 10.8. The number of carboxylic acid groups (broad SMARTS) is 1. The summed E-state index contributed by atoms with van der Waals surface area (Å²) < 4.78 is 0. The predicted octanol–water partition coefficient (Wildman–Crippen LogP) is 2.07. The molecule has 2 unspecified atom stereocenters. The van der Waals surface area contributed by atoms with Gasteiger partial charge in [0.05, 0.1) is 5.92 Å². The number of carbonyl (C=O) groups is 2. The number of aliphatic carboxylic acids is 1. The number of hydrogen-bond donors (Lipinski definition) is 1. The molecular weight excluding hydrogens is 314 g/mol. The van der Waals surface area contributed by atoms with Crippen LogP contribution in [-0.4, -0.2) is 50.7 Å². The van der Waals surface area contributed by atoms with Crippen LogP contribution in [-0.2, 0) is 16.0 Å². The number of nitrogens with zero attached hydrogens (tertiary/aromatic N) is 3. The zero-order chi connectivity index (χ0) is 17.1. The van der Waals surface area contributed by atoms with Gasteiger partial charge in [-0.25, -0.2) is 9.97 Å². The lowest BCUT2D eigenvalue weighted by Crippen LogP contribution is -2.37. The maximum absolute atomic E-state index is 12.4. The van der Waals surface area contributed by atoms with Crippen molar-refractivity contribution in [2.45, 2.75) is 51.2 Å². The summed E-state index contributed by atoms with van der Waals surface area (Å²) >= 11 is 1.50. The normalized spacial score (nSPS) is 20.8. The molecule has 0 aromatic carbocycles. The first kappa shape index (κ1) is 17.7. The van der Waals surface area contributed by atoms with Crippen LogP contribution in [0.15, 0.2) is 5.16 Å². The number of amides is 1. The van der Waals surface area contributed by atoms with Crippen molar-refractivity contribution in [3.8, 4) is 0 Å². The number of carbonyl (C=O) groups excluding carboxylic acids is 1. The van der Waals surface area contributed by atoms with Crippen LogP contribution < -0.4 is 0 Å². The highest BCUT2D eigenvalue weighted by atomic mass is 32.2. The van der Waals surface area contributed by atoms with Crippen molar-refractivity contribution in [1.82, 2.24) is 14.9 Å². The Morgan fingerprint density at radius 1 is 1.30 bits per heavy atom. The van der Waals surface area contributed by atoms with Gasteiger partial charge in [0.25, 0.3) is 0 Å². The summed E-state index contributed by atoms with van der Waals surface area (Å²) in [6.07, 6.45) is 3.42. The van der Waals surface area contributed by atoms with E-state index in [0.717, 1.165) is 22.1 Å². The van der Waals surface area contributed by atoms with Crippen LogP contribution in [0.3, 0.4) is 0 Å². The SMILES string of the molecule is CSc1nc(C)c(CCC(=O)N2CCC(C(=O)O)C2C)c(C)n1. The summed E-state index contributed by atoms with van der Waals surface area (Å²) in [5.41, 5.74) is 2.83. The molecule has 2 heterocycles. The van der Waals surface area contributed by atoms with Gasteiger partial charge in [0.2, 0.25) is 5.91 Å². The van der Waals surface area contributed by atoms with Gasteiger partial charge in [-0.1, -0.05) is 11.8 Å². The van der Waals surface area contributed by atoms with Crippen molar-refractivity contribution in [2.75, 3.05) is 12.8 Å². The molecule has 0 bridgehead atoms. The summed E-state index contributed by atoms with van der Waals surface area (Å²) in [6.45, 7) is 6.22. The number of likely N-dealkylation sites (tertiary alicyclic amines) is 1. The molecule has 6 nitrogen and oxygen atoms in total. The Morgan fingerprint density at radius 3 is 2.39 bits per heavy atom. The minimum absolute atomic E-state index is 0.00833. The van der Waals surface area contributed by atoms with Gasteiger partial charge >= 0.3 is 5.97 Å². The van der Waals surface area contributed by atoms with Crippen LogP contribution in [0, 0.1) is 19.8 Å². The van der Waals surface area contributed by atoms with Crippen molar-refractivity contribution in [2.24, 2.45) is 5.92 Å². The molecule has 1 aromatic heterocycles. The molecular formula is C16H23N3O3S. The van der Waals surface area contributed by atoms with E-state index in [0.29, 0.717) is 25.8 Å². The molecule has 0 aliphatic carbocycles. The van der Waals surface area contributed by atoms with Crippen LogP contribution in [0.25, 0.3) is 0 Å². The standard InChI is InChI=1S/C16H23N3O3S/c1-9-12(10(2)18-16(17-9)23-4)5-6-14(20)19-8-7-13(11(19)3)15(21)22/h11,13H,5-8H2,1-4H3,(H,21,22). The lowest BCUT2D eigenvalue weighted by Gasteiger charge is -2.23. The Labute approximate surface area is 140 Å². The Morgan fingerprint density at radius 2 is 1.91 bits per heavy atom. The summed E-state index contributed by atoms with van der Waals surface area (Å²) in [5, 5.41) is 9.90. The summed E-state index contributed by atoms with van der Waals surface area (Å²) in [4.78, 5) is 34.1. The molecule has 1 aliphatic rings. The summed E-state index contributed by atoms with van der Waals surface area (Å²) in [7, 11) is 0. The van der Waals surface area contributed by atoms with Gasteiger partial charge in [-0.2, -0.15) is 0 Å². The van der Waals surface area contributed by atoms with E-state index in [-0.39, 0.29) is 11.9 Å². The molecule has 0 spiro atoms. The smallest absolute Gasteiger partial charge is 0.308 e. The molecule has 23 heavy (non-hydrogen) atoms. The molecule has 1 fully saturated rings. The molecule has 1 N–H and O–H groups in total. The third kappa shape index (κ3) is 3.83. The van der Waals surface area contributed by atoms with Crippen molar-refractivity contribution in [3.63, 3.8) is 0 Å². The lowest BCUT2D eigenvalue weighted by atomic mass is 10.0. The van der Waals surface area contributed by atoms with Gasteiger partial charge < -0.3 is 10.0 Å². The van der Waals surface area contributed by atoms with Crippen LogP contribution >= 0.6 is 11.8 Å². The zero-order valence-corrected chi connectivity index (χ0v) is 14.8. The Bertz CT molecular complexity index is 598. The fourth-order valence-electron chi connectivity index (χ4n) is 3.16. The highest BCUT2D eigenvalue weighted by Gasteiger charge is 2.37. The summed E-state index contributed by atoms with van der Waals surface area (Å²) in [5.74, 6) is -1.26. The van der Waals surface area contributed by atoms with E-state index in [1.807, 2.05) is 27.0 Å². The minimum atomic E-state index is -0.819. The van der Waals surface area contributed by atoms with Crippen LogP contribution in [0.2, 0.25) is 0 Å². The quantitative estimate of drug-likeness (QED) is 0.654. The fourth-order valence-corrected chi connectivity index (χ4v) is 3.62. The Balaban J connectivity index is 2.02. The third-order valence-electron chi connectivity index (χ3n) is 4.56. The topological polar surface area (TPSA) is 83.4 Å². The molecule has 2 atom stereocenters. The summed E-state index contributed by atoms with van der Waals surface area (Å²) in [6, 6.07) is -0.239. The number of hydrogen-bond acceptors (Lipinski definition) is 5. The van der Waals surface area contributed by atoms with Crippen LogP contribution in [0.1, 0.15) is 36.7 Å². The highest BCUT2D eigenvalue weighted by Crippen LogP contribution is 2.25. The fraction of sp³-hybridized carbons (Fsp3) is 0.625. The van der Waals surface area contributed by atoms with Crippen molar-refractivity contribution in [1.29, 1.82) is 0 Å². The van der Waals surface area contributed by atoms with Gasteiger partial charge in [-0.3, -0.25) is 9.59 Å². The first-order valence-electron chi connectivity index (χ1n) is 7.75. The van der Waals surface area contributed by atoms with E-state index in [2.05, 4.69) is 9.97 Å². The molecule has 7 heteroatoms. The van der Waals surface area contributed by atoms with Gasteiger partial charge in [0.15, 0.2) is 5.16 Å². The average molecular weight is 337 g/mol. The molecule has 1 saturated heterocycles. The predicted molar refractivity (Wildman–Crippen MR) is 88.5 cm³/mol. The van der Waals surface area contributed by atoms with Crippen molar-refractivity contribution in [3.05, 3.63) is 17.0 Å². The minimum Gasteiger partial charge on any atom is -0.481 e. The van der Waals surface area contributed by atoms with Gasteiger partial charge in [-0.15, -0.1) is 0 Å². The van der Waals surface area contributed by atoms with E-state index in [9.17, 15) is 9.59 Å². The number of aromatic nitrogens is 2. The first-order valence-corrected chi connectivity index (χ1v) is 8.98. The molecule has 1 aliphatic heterocycles. The van der Waals surface area contributed by atoms with Gasteiger partial charge in [-0.05, 0) is 45.4 Å². The zero-order valence-electron chi connectivity index (χ0n) is 14.0. The molecule has 2 rings (SSSR count). The lowest BCUT2D eigenvalue weighted by molar-refractivity contribution is -0.143. The average Bonchev–Trinajstić information content (AvgIpc) is 2.87. The van der Waals surface area contributed by atoms with Crippen molar-refractivity contribution >= 4 is 23.6 Å². The van der Waals surface area contributed by atoms with Crippen LogP contribution in [0.5, 0.6) is 0 Å². The molecule has 1 aromatic rings. The number of aryl methyl sites for hydroxylation is 2. The van der Waals surface area contributed by atoms with Gasteiger partial charge in [0, 0.05) is 30.4 Å². The van der Waals surface area contributed by atoms with E-state index in [4.69, 9.17) is 5.11 Å². The van der Waals surface area contributed by atoms with E-state index in [1.165, 1.54) is 11.8 Å². The molecule has 1 amide bonds. The van der Waals surface area contributed by atoms with Crippen molar-refractivity contribution < 1.29 is 14.7 Å². The largest absolute Gasteiger partial charge is 0.481 e. The monoisotopic (exact) mass is 337 g/mol. The van der Waals surface area contributed by atoms with Gasteiger partial charge in [0.1, 0.15) is 0 Å². The Kier molecular flexibility index (Phi) is 5.62. The molecule has 126 valence electrons. The maximum Gasteiger partial charge on any atom is 0.308 e. The number of carboxylic acids is 1. The molecule has 0 saturated carbocycles. The van der Waals surface area contributed by atoms with E-state index < -0.39 is 11.9 Å². The highest BCUT2D eigenvalue weighted by molar-refractivity contribution is 7.98. The van der Waals surface area contributed by atoms with Crippen LogP contribution in [0.4, 0.5) is 0 Å². The Hall–Kier alpha value is -1.63. The van der Waals surface area contributed by atoms with E-state index >= 15 is 0 Å².